The highest BCUT2D eigenvalue weighted by molar-refractivity contribution is 8.04. The van der Waals surface area contributed by atoms with E-state index in [1.54, 1.807) is 11.8 Å². The number of nitriles is 1. The molecule has 2 heterocycles. The van der Waals surface area contributed by atoms with Crippen molar-refractivity contribution in [3.8, 4) is 6.07 Å². The Balaban J connectivity index is 1.59. The number of benzene rings is 1. The third-order valence-electron chi connectivity index (χ3n) is 6.54. The number of hydrogen-bond acceptors (Lipinski definition) is 7. The van der Waals surface area contributed by atoms with Crippen LogP contribution < -0.4 is 16.4 Å². The number of carbonyl (C=O) groups excluding carboxylic acids is 2. The maximum absolute atomic E-state index is 12.9. The maximum atomic E-state index is 12.9. The van der Waals surface area contributed by atoms with Gasteiger partial charge in [0.1, 0.15) is 21.5 Å². The van der Waals surface area contributed by atoms with Gasteiger partial charge >= 0.3 is 0 Å². The van der Waals surface area contributed by atoms with E-state index in [4.69, 9.17) is 5.73 Å². The van der Waals surface area contributed by atoms with Crippen LogP contribution in [0.4, 0.5) is 5.69 Å². The molecule has 2 aliphatic heterocycles. The van der Waals surface area contributed by atoms with Gasteiger partial charge in [-0.2, -0.15) is 5.26 Å². The zero-order valence-electron chi connectivity index (χ0n) is 20.4. The smallest absolute Gasteiger partial charge is 0.271 e. The molecular weight excluding hydrogens is 448 g/mol. The SMILES string of the molecule is CCN1C(=O)[C@@H](CNc2ccc(CCN3CCCC3)cc2)S/C1=C(/N)C(=O)NC(C)(C#N)CC. The molecule has 0 spiro atoms. The molecule has 1 aromatic rings. The summed E-state index contributed by atoms with van der Waals surface area (Å²) in [5.41, 5.74) is 7.38. The summed E-state index contributed by atoms with van der Waals surface area (Å²) < 4.78 is 0. The molecule has 0 saturated carbocycles. The number of thioether (sulfide) groups is 1. The number of likely N-dealkylation sites (tertiary alicyclic amines) is 1. The first-order valence-electron chi connectivity index (χ1n) is 12.1. The molecule has 184 valence electrons. The zero-order chi connectivity index (χ0) is 24.7. The van der Waals surface area contributed by atoms with Crippen molar-refractivity contribution in [2.24, 2.45) is 5.73 Å². The molecule has 0 radical (unpaired) electrons. The summed E-state index contributed by atoms with van der Waals surface area (Å²) in [6.45, 7) is 9.69. The highest BCUT2D eigenvalue weighted by atomic mass is 32.2. The van der Waals surface area contributed by atoms with Crippen LogP contribution in [0.15, 0.2) is 35.0 Å². The van der Waals surface area contributed by atoms with Crippen LogP contribution in [0.2, 0.25) is 0 Å². The summed E-state index contributed by atoms with van der Waals surface area (Å²) in [7, 11) is 0. The van der Waals surface area contributed by atoms with Gasteiger partial charge in [0.15, 0.2) is 0 Å². The summed E-state index contributed by atoms with van der Waals surface area (Å²) in [4.78, 5) is 29.7. The molecule has 2 saturated heterocycles. The van der Waals surface area contributed by atoms with Crippen molar-refractivity contribution >= 4 is 29.3 Å². The van der Waals surface area contributed by atoms with Gasteiger partial charge in [0, 0.05) is 25.3 Å². The number of hydrogen-bond donors (Lipinski definition) is 3. The fourth-order valence-corrected chi connectivity index (χ4v) is 5.29. The predicted molar refractivity (Wildman–Crippen MR) is 137 cm³/mol. The summed E-state index contributed by atoms with van der Waals surface area (Å²) in [6.07, 6.45) is 4.11. The van der Waals surface area contributed by atoms with Crippen molar-refractivity contribution in [3.05, 3.63) is 40.6 Å². The highest BCUT2D eigenvalue weighted by Gasteiger charge is 2.39. The molecule has 9 heteroatoms. The first-order valence-corrected chi connectivity index (χ1v) is 12.9. The van der Waals surface area contributed by atoms with Crippen molar-refractivity contribution in [2.45, 2.75) is 57.2 Å². The normalized spacial score (nSPS) is 21.8. The first kappa shape index (κ1) is 25.9. The van der Waals surface area contributed by atoms with E-state index < -0.39 is 11.4 Å². The number of anilines is 1. The largest absolute Gasteiger partial charge is 0.392 e. The molecule has 2 atom stereocenters. The fraction of sp³-hybridized carbons (Fsp3) is 0.560. The molecule has 2 fully saturated rings. The number of nitrogens with zero attached hydrogens (tertiary/aromatic N) is 3. The number of rotatable bonds is 10. The Bertz CT molecular complexity index is 951. The number of nitrogens with two attached hydrogens (primary N) is 1. The van der Waals surface area contributed by atoms with Gasteiger partial charge in [-0.15, -0.1) is 0 Å². The number of nitrogens with one attached hydrogen (secondary N) is 2. The van der Waals surface area contributed by atoms with Crippen molar-refractivity contribution < 1.29 is 9.59 Å². The molecule has 2 aliphatic rings. The van der Waals surface area contributed by atoms with Gasteiger partial charge in [0.2, 0.25) is 5.91 Å². The molecule has 3 rings (SSSR count). The Hall–Kier alpha value is -2.70. The highest BCUT2D eigenvalue weighted by Crippen LogP contribution is 2.36. The molecule has 8 nitrogen and oxygen atoms in total. The van der Waals surface area contributed by atoms with Gasteiger partial charge in [-0.1, -0.05) is 30.8 Å². The van der Waals surface area contributed by atoms with Gasteiger partial charge in [0.25, 0.3) is 5.91 Å². The minimum absolute atomic E-state index is 0.0278. The zero-order valence-corrected chi connectivity index (χ0v) is 21.2. The molecule has 2 amide bonds. The Morgan fingerprint density at radius 3 is 2.53 bits per heavy atom. The van der Waals surface area contributed by atoms with Gasteiger partial charge < -0.3 is 26.2 Å². The second-order valence-electron chi connectivity index (χ2n) is 9.04. The molecule has 0 aromatic heterocycles. The van der Waals surface area contributed by atoms with Crippen LogP contribution in [0.3, 0.4) is 0 Å². The van der Waals surface area contributed by atoms with Crippen molar-refractivity contribution in [1.82, 2.24) is 15.1 Å². The molecule has 0 bridgehead atoms. The fourth-order valence-electron chi connectivity index (χ4n) is 4.06. The molecule has 4 N–H and O–H groups in total. The Labute approximate surface area is 206 Å². The first-order chi connectivity index (χ1) is 16.3. The average Bonchev–Trinajstić information content (AvgIpc) is 3.49. The number of amides is 2. The van der Waals surface area contributed by atoms with E-state index in [9.17, 15) is 14.9 Å². The quantitative estimate of drug-likeness (QED) is 0.437. The molecule has 1 aromatic carbocycles. The topological polar surface area (TPSA) is 114 Å². The molecular formula is C25H36N6O2S. The lowest BCUT2D eigenvalue weighted by atomic mass is 10.0. The molecule has 0 aliphatic carbocycles. The Kier molecular flexibility index (Phi) is 8.86. The standard InChI is InChI=1S/C25H36N6O2S/c1-4-25(3,17-26)29-22(32)21(27)24-31(5-2)23(33)20(34-24)16-28-19-10-8-18(9-11-19)12-15-30-13-6-7-14-30/h8-11,20,28H,4-7,12-16,27H2,1-3H3,(H,29,32)/b24-21+/t20-,25?/m1/s1. The lowest BCUT2D eigenvalue weighted by Gasteiger charge is -2.22. The van der Waals surface area contributed by atoms with Crippen LogP contribution >= 0.6 is 11.8 Å². The van der Waals surface area contributed by atoms with Crippen LogP contribution in [0.25, 0.3) is 0 Å². The minimum Gasteiger partial charge on any atom is -0.392 e. The summed E-state index contributed by atoms with van der Waals surface area (Å²) in [5.74, 6) is -0.607. The number of carbonyl (C=O) groups is 2. The second-order valence-corrected chi connectivity index (χ2v) is 10.2. The predicted octanol–water partition coefficient (Wildman–Crippen LogP) is 2.64. The molecule has 1 unspecified atom stereocenters. The van der Waals surface area contributed by atoms with E-state index in [-0.39, 0.29) is 16.9 Å². The van der Waals surface area contributed by atoms with Crippen LogP contribution in [0.5, 0.6) is 0 Å². The molecule has 34 heavy (non-hydrogen) atoms. The third-order valence-corrected chi connectivity index (χ3v) is 7.85. The van der Waals surface area contributed by atoms with Gasteiger partial charge in [0.05, 0.1) is 6.07 Å². The average molecular weight is 485 g/mol. The summed E-state index contributed by atoms with van der Waals surface area (Å²) >= 11 is 1.29. The Morgan fingerprint density at radius 2 is 1.94 bits per heavy atom. The van der Waals surface area contributed by atoms with Crippen LogP contribution in [-0.2, 0) is 16.0 Å². The second kappa shape index (κ2) is 11.6. The Morgan fingerprint density at radius 1 is 1.26 bits per heavy atom. The van der Waals surface area contributed by atoms with E-state index in [0.717, 1.165) is 18.7 Å². The maximum Gasteiger partial charge on any atom is 0.271 e. The van der Waals surface area contributed by atoms with E-state index >= 15 is 0 Å². The minimum atomic E-state index is -1.01. The van der Waals surface area contributed by atoms with Crippen molar-refractivity contribution in [2.75, 3.05) is 38.0 Å². The lowest BCUT2D eigenvalue weighted by molar-refractivity contribution is -0.127. The van der Waals surface area contributed by atoms with Gasteiger partial charge in [-0.25, -0.2) is 0 Å². The van der Waals surface area contributed by atoms with Gasteiger partial charge in [-0.3, -0.25) is 9.59 Å². The lowest BCUT2D eigenvalue weighted by Crippen LogP contribution is -2.46. The van der Waals surface area contributed by atoms with E-state index in [2.05, 4.69) is 33.7 Å². The third kappa shape index (κ3) is 6.24. The monoisotopic (exact) mass is 484 g/mol. The van der Waals surface area contributed by atoms with E-state index in [1.807, 2.05) is 26.0 Å². The summed E-state index contributed by atoms with van der Waals surface area (Å²) in [6, 6.07) is 10.5. The van der Waals surface area contributed by atoms with Crippen LogP contribution in [0.1, 0.15) is 45.6 Å². The van der Waals surface area contributed by atoms with Gasteiger partial charge in [-0.05, 0) is 70.3 Å². The van der Waals surface area contributed by atoms with Crippen LogP contribution in [-0.4, -0.2) is 65.1 Å². The van der Waals surface area contributed by atoms with Crippen LogP contribution in [0, 0.1) is 11.3 Å². The van der Waals surface area contributed by atoms with Crippen molar-refractivity contribution in [1.29, 1.82) is 5.26 Å². The van der Waals surface area contributed by atoms with E-state index in [0.29, 0.717) is 24.5 Å². The van der Waals surface area contributed by atoms with E-state index in [1.165, 1.54) is 43.3 Å². The van der Waals surface area contributed by atoms with Crippen molar-refractivity contribution in [3.63, 3.8) is 0 Å². The summed E-state index contributed by atoms with van der Waals surface area (Å²) in [5, 5.41) is 15.4.